The van der Waals surface area contributed by atoms with Crippen LogP contribution in [0.1, 0.15) is 35.4 Å². The third-order valence-electron chi connectivity index (χ3n) is 5.78. The average molecular weight is 447 g/mol. The molecule has 0 aliphatic heterocycles. The van der Waals surface area contributed by atoms with E-state index in [-0.39, 0.29) is 11.8 Å². The van der Waals surface area contributed by atoms with Crippen molar-refractivity contribution in [2.75, 3.05) is 38.0 Å². The first-order valence-corrected chi connectivity index (χ1v) is 11.1. The normalized spacial score (nSPS) is 12.5. The minimum atomic E-state index is -0.0205. The lowest BCUT2D eigenvalue weighted by molar-refractivity contribution is -0.104. The molecule has 0 aliphatic carbocycles. The van der Waals surface area contributed by atoms with E-state index in [0.29, 0.717) is 10.6 Å². The van der Waals surface area contributed by atoms with Crippen LogP contribution in [0.15, 0.2) is 84.4 Å². The van der Waals surface area contributed by atoms with Crippen LogP contribution in [0.4, 0.5) is 11.4 Å². The molecule has 0 heterocycles. The van der Waals surface area contributed by atoms with Crippen LogP contribution >= 0.6 is 11.6 Å². The number of hydrogen-bond acceptors (Lipinski definition) is 3. The largest absolute Gasteiger partial charge is 0.378 e. The Morgan fingerprint density at radius 2 is 1.12 bits per heavy atom. The minimum Gasteiger partial charge on any atom is -0.378 e. The quantitative estimate of drug-likeness (QED) is 0.290. The number of aldehydes is 1. The van der Waals surface area contributed by atoms with Crippen LogP contribution in [-0.4, -0.2) is 34.5 Å². The zero-order valence-electron chi connectivity index (χ0n) is 19.4. The van der Waals surface area contributed by atoms with Gasteiger partial charge in [-0.15, -0.1) is 0 Å². The summed E-state index contributed by atoms with van der Waals surface area (Å²) in [6, 6.07) is 25.3. The van der Waals surface area contributed by atoms with Gasteiger partial charge in [0.1, 0.15) is 6.29 Å². The predicted octanol–water partition coefficient (Wildman–Crippen LogP) is 6.53. The van der Waals surface area contributed by atoms with E-state index in [0.717, 1.165) is 23.2 Å². The zero-order chi connectivity index (χ0) is 23.3. The molecule has 166 valence electrons. The topological polar surface area (TPSA) is 23.6 Å². The standard InChI is InChI=1S/C28H31ClN2O/c1-20(19-32)18-27(21-6-12-24(29)13-7-21)28(22-8-14-25(15-9-22)30(2)3)23-10-16-26(17-11-23)31(4)5/h6-19,27-28H,1-5H3/b20-18-/t27-/m1/s1. The van der Waals surface area contributed by atoms with Crippen molar-refractivity contribution in [3.8, 4) is 0 Å². The van der Waals surface area contributed by atoms with E-state index in [9.17, 15) is 4.79 Å². The third-order valence-corrected chi connectivity index (χ3v) is 6.03. The van der Waals surface area contributed by atoms with Crippen LogP contribution < -0.4 is 9.80 Å². The highest BCUT2D eigenvalue weighted by Gasteiger charge is 2.25. The van der Waals surface area contributed by atoms with E-state index >= 15 is 0 Å². The molecule has 0 N–H and O–H groups in total. The van der Waals surface area contributed by atoms with Crippen molar-refractivity contribution in [2.24, 2.45) is 0 Å². The van der Waals surface area contributed by atoms with Crippen LogP contribution in [0, 0.1) is 0 Å². The van der Waals surface area contributed by atoms with Crippen LogP contribution in [0.3, 0.4) is 0 Å². The summed E-state index contributed by atoms with van der Waals surface area (Å²) in [5.74, 6) is 0.0198. The molecule has 0 fully saturated rings. The Balaban J connectivity index is 2.19. The number of carbonyl (C=O) groups is 1. The molecule has 0 aliphatic rings. The molecule has 3 aromatic rings. The number of benzene rings is 3. The maximum atomic E-state index is 11.6. The van der Waals surface area contributed by atoms with E-state index < -0.39 is 0 Å². The van der Waals surface area contributed by atoms with Gasteiger partial charge in [-0.25, -0.2) is 0 Å². The van der Waals surface area contributed by atoms with E-state index in [4.69, 9.17) is 11.6 Å². The van der Waals surface area contributed by atoms with Gasteiger partial charge in [-0.1, -0.05) is 54.1 Å². The molecule has 4 heteroatoms. The number of anilines is 2. The Bertz CT molecular complexity index is 1000. The highest BCUT2D eigenvalue weighted by Crippen LogP contribution is 2.41. The molecule has 3 aromatic carbocycles. The van der Waals surface area contributed by atoms with Crippen molar-refractivity contribution in [1.82, 2.24) is 0 Å². The van der Waals surface area contributed by atoms with Gasteiger partial charge in [0.25, 0.3) is 0 Å². The number of rotatable bonds is 8. The first-order chi connectivity index (χ1) is 15.3. The third kappa shape index (κ3) is 5.60. The molecule has 0 amide bonds. The van der Waals surface area contributed by atoms with Crippen LogP contribution in [-0.2, 0) is 4.79 Å². The van der Waals surface area contributed by atoms with Crippen molar-refractivity contribution in [2.45, 2.75) is 18.8 Å². The molecule has 3 nitrogen and oxygen atoms in total. The van der Waals surface area contributed by atoms with Gasteiger partial charge < -0.3 is 9.80 Å². The van der Waals surface area contributed by atoms with Crippen molar-refractivity contribution in [3.63, 3.8) is 0 Å². The van der Waals surface area contributed by atoms with Crippen LogP contribution in [0.5, 0.6) is 0 Å². The molecule has 32 heavy (non-hydrogen) atoms. The lowest BCUT2D eigenvalue weighted by Crippen LogP contribution is -2.14. The molecular formula is C28H31ClN2O. The highest BCUT2D eigenvalue weighted by atomic mass is 35.5. The molecule has 0 aromatic heterocycles. The summed E-state index contributed by atoms with van der Waals surface area (Å²) in [5.41, 5.74) is 6.53. The highest BCUT2D eigenvalue weighted by molar-refractivity contribution is 6.30. The Morgan fingerprint density at radius 1 is 0.719 bits per heavy atom. The fourth-order valence-electron chi connectivity index (χ4n) is 3.96. The lowest BCUT2D eigenvalue weighted by atomic mass is 9.76. The van der Waals surface area contributed by atoms with Gasteiger partial charge in [0.05, 0.1) is 0 Å². The predicted molar refractivity (Wildman–Crippen MR) is 137 cm³/mol. The summed E-state index contributed by atoms with van der Waals surface area (Å²) in [5, 5.41) is 0.700. The smallest absolute Gasteiger partial charge is 0.145 e. The Morgan fingerprint density at radius 3 is 1.50 bits per heavy atom. The Labute approximate surface area is 196 Å². The molecule has 1 atom stereocenters. The average Bonchev–Trinajstić information content (AvgIpc) is 2.79. The molecule has 0 radical (unpaired) electrons. The summed E-state index contributed by atoms with van der Waals surface area (Å²) in [7, 11) is 8.16. The van der Waals surface area contributed by atoms with Crippen molar-refractivity contribution < 1.29 is 4.79 Å². The fourth-order valence-corrected chi connectivity index (χ4v) is 4.09. The van der Waals surface area contributed by atoms with Gasteiger partial charge in [-0.2, -0.15) is 0 Å². The molecule has 0 bridgehead atoms. The van der Waals surface area contributed by atoms with E-state index in [2.05, 4.69) is 76.5 Å². The number of hydrogen-bond donors (Lipinski definition) is 0. The second kappa shape index (κ2) is 10.5. The van der Waals surface area contributed by atoms with Gasteiger partial charge in [-0.05, 0) is 65.6 Å². The van der Waals surface area contributed by atoms with Crippen molar-refractivity contribution in [3.05, 3.63) is 106 Å². The summed E-state index contributed by atoms with van der Waals surface area (Å²) >= 11 is 6.18. The Kier molecular flexibility index (Phi) is 7.76. The number of nitrogens with zero attached hydrogens (tertiary/aromatic N) is 2. The fraction of sp³-hybridized carbons (Fsp3) is 0.250. The molecule has 0 spiro atoms. The van der Waals surface area contributed by atoms with Crippen LogP contribution in [0.2, 0.25) is 5.02 Å². The van der Waals surface area contributed by atoms with Gasteiger partial charge >= 0.3 is 0 Å². The van der Waals surface area contributed by atoms with Crippen molar-refractivity contribution in [1.29, 1.82) is 0 Å². The van der Waals surface area contributed by atoms with E-state index in [1.807, 2.05) is 47.2 Å². The minimum absolute atomic E-state index is 0.0205. The molecular weight excluding hydrogens is 416 g/mol. The maximum absolute atomic E-state index is 11.6. The van der Waals surface area contributed by atoms with Crippen molar-refractivity contribution >= 4 is 29.3 Å². The van der Waals surface area contributed by atoms with Crippen LogP contribution in [0.25, 0.3) is 0 Å². The van der Waals surface area contributed by atoms with E-state index in [1.54, 1.807) is 0 Å². The summed E-state index contributed by atoms with van der Waals surface area (Å²) in [4.78, 5) is 15.8. The monoisotopic (exact) mass is 446 g/mol. The van der Waals surface area contributed by atoms with Gasteiger partial charge in [0.2, 0.25) is 0 Å². The number of carbonyl (C=O) groups excluding carboxylic acids is 1. The number of halogens is 1. The summed E-state index contributed by atoms with van der Waals surface area (Å²) in [6.07, 6.45) is 2.99. The maximum Gasteiger partial charge on any atom is 0.145 e. The van der Waals surface area contributed by atoms with E-state index in [1.165, 1.54) is 11.1 Å². The lowest BCUT2D eigenvalue weighted by Gasteiger charge is -2.28. The molecule has 3 rings (SSSR count). The SMILES string of the molecule is C/C(C=O)=C/[C@H](c1ccc(Cl)cc1)C(c1ccc(N(C)C)cc1)c1ccc(N(C)C)cc1. The molecule has 0 unspecified atom stereocenters. The second-order valence-electron chi connectivity index (χ2n) is 8.56. The van der Waals surface area contributed by atoms with Gasteiger partial charge in [-0.3, -0.25) is 4.79 Å². The molecule has 0 saturated heterocycles. The van der Waals surface area contributed by atoms with Gasteiger partial charge in [0.15, 0.2) is 0 Å². The Hall–Kier alpha value is -3.04. The first kappa shape index (κ1) is 23.6. The van der Waals surface area contributed by atoms with Gasteiger partial charge in [0, 0.05) is 56.4 Å². The summed E-state index contributed by atoms with van der Waals surface area (Å²) in [6.45, 7) is 1.86. The zero-order valence-corrected chi connectivity index (χ0v) is 20.2. The summed E-state index contributed by atoms with van der Waals surface area (Å²) < 4.78 is 0. The number of allylic oxidation sites excluding steroid dienone is 2. The molecule has 0 saturated carbocycles. The second-order valence-corrected chi connectivity index (χ2v) is 8.99. The first-order valence-electron chi connectivity index (χ1n) is 10.7.